The second kappa shape index (κ2) is 6.06. The zero-order valence-corrected chi connectivity index (χ0v) is 10.7. The molecule has 1 fully saturated rings. The van der Waals surface area contributed by atoms with Crippen molar-refractivity contribution in [2.75, 3.05) is 11.9 Å². The molecule has 0 aliphatic heterocycles. The first-order valence-corrected chi connectivity index (χ1v) is 6.32. The largest absolute Gasteiger partial charge is 0.378 e. The van der Waals surface area contributed by atoms with Crippen LogP contribution in [0.5, 0.6) is 0 Å². The van der Waals surface area contributed by atoms with E-state index in [0.717, 1.165) is 18.9 Å². The van der Waals surface area contributed by atoms with Crippen LogP contribution in [0.3, 0.4) is 0 Å². The van der Waals surface area contributed by atoms with E-state index in [2.05, 4.69) is 10.3 Å². The van der Waals surface area contributed by atoms with E-state index in [1.54, 1.807) is 0 Å². The summed E-state index contributed by atoms with van der Waals surface area (Å²) in [5.74, 6) is -1.93. The molecule has 2 rings (SSSR count). The first kappa shape index (κ1) is 13.9. The quantitative estimate of drug-likeness (QED) is 0.836. The minimum absolute atomic E-state index is 0.0907. The Hall–Kier alpha value is -1.56. The first-order chi connectivity index (χ1) is 9.08. The van der Waals surface area contributed by atoms with Crippen molar-refractivity contribution in [3.05, 3.63) is 24.0 Å². The Balaban J connectivity index is 1.79. The number of pyridine rings is 1. The smallest absolute Gasteiger partial charge is 0.239 e. The molecule has 0 aromatic carbocycles. The molecule has 6 heteroatoms. The maximum absolute atomic E-state index is 13.2. The lowest BCUT2D eigenvalue weighted by Gasteiger charge is -2.34. The molecule has 4 nitrogen and oxygen atoms in total. The summed E-state index contributed by atoms with van der Waals surface area (Å²) in [7, 11) is 0. The Morgan fingerprint density at radius 3 is 2.84 bits per heavy atom. The lowest BCUT2D eigenvalue weighted by molar-refractivity contribution is -0.119. The summed E-state index contributed by atoms with van der Waals surface area (Å²) in [5, 5.41) is 2.40. The van der Waals surface area contributed by atoms with Gasteiger partial charge in [0.2, 0.25) is 17.8 Å². The number of anilines is 1. The number of hydrogen-bond acceptors (Lipinski definition) is 3. The lowest BCUT2D eigenvalue weighted by Crippen LogP contribution is -2.34. The number of rotatable bonds is 5. The fourth-order valence-electron chi connectivity index (χ4n) is 2.18. The van der Waals surface area contributed by atoms with E-state index in [9.17, 15) is 13.6 Å². The molecular formula is C13H16F2N2O2. The van der Waals surface area contributed by atoms with Crippen LogP contribution in [0.1, 0.15) is 26.2 Å². The Morgan fingerprint density at radius 1 is 1.47 bits per heavy atom. The second-order valence-corrected chi connectivity index (χ2v) is 4.64. The molecule has 104 valence electrons. The molecule has 1 aliphatic rings. The SMILES string of the molecule is CCOC1CC(CC(=O)Nc2ccc(F)nc2F)C1. The van der Waals surface area contributed by atoms with Gasteiger partial charge in [0.15, 0.2) is 0 Å². The third-order valence-corrected chi connectivity index (χ3v) is 3.16. The highest BCUT2D eigenvalue weighted by atomic mass is 19.1. The van der Waals surface area contributed by atoms with Crippen molar-refractivity contribution in [3.8, 4) is 0 Å². The number of hydrogen-bond donors (Lipinski definition) is 1. The molecule has 1 N–H and O–H groups in total. The van der Waals surface area contributed by atoms with Gasteiger partial charge in [0.05, 0.1) is 11.8 Å². The van der Waals surface area contributed by atoms with Gasteiger partial charge in [-0.3, -0.25) is 4.79 Å². The van der Waals surface area contributed by atoms with Crippen LogP contribution in [-0.4, -0.2) is 23.6 Å². The van der Waals surface area contributed by atoms with Crippen LogP contribution >= 0.6 is 0 Å². The van der Waals surface area contributed by atoms with Crippen LogP contribution in [0, 0.1) is 17.8 Å². The zero-order chi connectivity index (χ0) is 13.8. The molecule has 0 spiro atoms. The number of carbonyl (C=O) groups excluding carboxylic acids is 1. The topological polar surface area (TPSA) is 51.2 Å². The molecule has 1 aliphatic carbocycles. The molecule has 0 saturated heterocycles. The number of amides is 1. The number of aromatic nitrogens is 1. The Morgan fingerprint density at radius 2 is 2.21 bits per heavy atom. The minimum Gasteiger partial charge on any atom is -0.378 e. The van der Waals surface area contributed by atoms with E-state index < -0.39 is 11.9 Å². The molecule has 1 aromatic heterocycles. The van der Waals surface area contributed by atoms with Gasteiger partial charge in [-0.2, -0.15) is 13.8 Å². The Bertz CT molecular complexity index is 462. The lowest BCUT2D eigenvalue weighted by atomic mass is 9.80. The van der Waals surface area contributed by atoms with Gasteiger partial charge in [-0.05, 0) is 37.8 Å². The van der Waals surface area contributed by atoms with Gasteiger partial charge in [-0.1, -0.05) is 0 Å². The fourth-order valence-corrected chi connectivity index (χ4v) is 2.18. The monoisotopic (exact) mass is 270 g/mol. The summed E-state index contributed by atoms with van der Waals surface area (Å²) >= 11 is 0. The highest BCUT2D eigenvalue weighted by Crippen LogP contribution is 2.32. The molecule has 0 bridgehead atoms. The van der Waals surface area contributed by atoms with E-state index in [1.807, 2.05) is 6.92 Å². The molecule has 0 unspecified atom stereocenters. The third-order valence-electron chi connectivity index (χ3n) is 3.16. The van der Waals surface area contributed by atoms with Gasteiger partial charge in [-0.25, -0.2) is 0 Å². The second-order valence-electron chi connectivity index (χ2n) is 4.64. The number of carbonyl (C=O) groups is 1. The van der Waals surface area contributed by atoms with E-state index in [1.165, 1.54) is 6.07 Å². The average molecular weight is 270 g/mol. The van der Waals surface area contributed by atoms with E-state index in [-0.39, 0.29) is 23.6 Å². The van der Waals surface area contributed by atoms with E-state index in [0.29, 0.717) is 13.0 Å². The van der Waals surface area contributed by atoms with Crippen molar-refractivity contribution >= 4 is 11.6 Å². The standard InChI is InChI=1S/C13H16F2N2O2/c1-2-19-9-5-8(6-9)7-12(18)16-10-3-4-11(14)17-13(10)15/h3-4,8-9H,2,5-7H2,1H3,(H,16,18). The predicted molar refractivity (Wildman–Crippen MR) is 65.5 cm³/mol. The summed E-state index contributed by atoms with van der Waals surface area (Å²) in [4.78, 5) is 14.7. The van der Waals surface area contributed by atoms with E-state index >= 15 is 0 Å². The van der Waals surface area contributed by atoms with Crippen LogP contribution in [-0.2, 0) is 9.53 Å². The van der Waals surface area contributed by atoms with Gasteiger partial charge in [0.25, 0.3) is 0 Å². The molecule has 1 aromatic rings. The van der Waals surface area contributed by atoms with Crippen LogP contribution in [0.2, 0.25) is 0 Å². The van der Waals surface area contributed by atoms with Crippen molar-refractivity contribution in [2.24, 2.45) is 5.92 Å². The van der Waals surface area contributed by atoms with Gasteiger partial charge >= 0.3 is 0 Å². The summed E-state index contributed by atoms with van der Waals surface area (Å²) in [6.07, 6.45) is 2.27. The number of ether oxygens (including phenoxy) is 1. The Kier molecular flexibility index (Phi) is 4.42. The molecule has 19 heavy (non-hydrogen) atoms. The van der Waals surface area contributed by atoms with Crippen LogP contribution in [0.15, 0.2) is 12.1 Å². The molecule has 0 radical (unpaired) electrons. The van der Waals surface area contributed by atoms with Crippen molar-refractivity contribution in [3.63, 3.8) is 0 Å². The van der Waals surface area contributed by atoms with Crippen molar-refractivity contribution < 1.29 is 18.3 Å². The van der Waals surface area contributed by atoms with Crippen molar-refractivity contribution in [2.45, 2.75) is 32.3 Å². The Labute approximate surface area is 110 Å². The summed E-state index contributed by atoms with van der Waals surface area (Å²) in [6, 6.07) is 2.17. The summed E-state index contributed by atoms with van der Waals surface area (Å²) in [6.45, 7) is 2.61. The average Bonchev–Trinajstić information content (AvgIpc) is 2.30. The summed E-state index contributed by atoms with van der Waals surface area (Å²) in [5.41, 5.74) is -0.0907. The highest BCUT2D eigenvalue weighted by molar-refractivity contribution is 5.90. The zero-order valence-electron chi connectivity index (χ0n) is 10.7. The molecule has 0 atom stereocenters. The van der Waals surface area contributed by atoms with Gasteiger partial charge in [-0.15, -0.1) is 0 Å². The van der Waals surface area contributed by atoms with Gasteiger partial charge in [0.1, 0.15) is 0 Å². The summed E-state index contributed by atoms with van der Waals surface area (Å²) < 4.78 is 31.2. The predicted octanol–water partition coefficient (Wildman–Crippen LogP) is 2.50. The van der Waals surface area contributed by atoms with E-state index in [4.69, 9.17) is 4.74 Å². The van der Waals surface area contributed by atoms with Crippen LogP contribution < -0.4 is 5.32 Å². The minimum atomic E-state index is -1.01. The molecular weight excluding hydrogens is 254 g/mol. The fraction of sp³-hybridized carbons (Fsp3) is 0.538. The number of halogens is 2. The number of nitrogens with one attached hydrogen (secondary N) is 1. The molecule has 1 amide bonds. The van der Waals surface area contributed by atoms with Crippen molar-refractivity contribution in [1.29, 1.82) is 0 Å². The maximum atomic E-state index is 13.2. The van der Waals surface area contributed by atoms with Crippen LogP contribution in [0.25, 0.3) is 0 Å². The highest BCUT2D eigenvalue weighted by Gasteiger charge is 2.31. The third kappa shape index (κ3) is 3.70. The van der Waals surface area contributed by atoms with Gasteiger partial charge < -0.3 is 10.1 Å². The normalized spacial score (nSPS) is 21.8. The first-order valence-electron chi connectivity index (χ1n) is 6.32. The van der Waals surface area contributed by atoms with Gasteiger partial charge in [0, 0.05) is 13.0 Å². The number of nitrogens with zero attached hydrogens (tertiary/aromatic N) is 1. The molecule has 1 saturated carbocycles. The van der Waals surface area contributed by atoms with Crippen LogP contribution in [0.4, 0.5) is 14.5 Å². The van der Waals surface area contributed by atoms with Crippen molar-refractivity contribution in [1.82, 2.24) is 4.98 Å². The maximum Gasteiger partial charge on any atom is 0.239 e. The molecule has 1 heterocycles.